The van der Waals surface area contributed by atoms with E-state index in [-0.39, 0.29) is 12.5 Å². The number of aromatic nitrogens is 3. The number of aryl methyl sites for hydroxylation is 2. The fraction of sp³-hybridized carbons (Fsp3) is 0.176. The van der Waals surface area contributed by atoms with Crippen molar-refractivity contribution < 1.29 is 14.1 Å². The van der Waals surface area contributed by atoms with Gasteiger partial charge in [-0.15, -0.1) is 0 Å². The number of rotatable bonds is 5. The van der Waals surface area contributed by atoms with Gasteiger partial charge in [0, 0.05) is 28.4 Å². The summed E-state index contributed by atoms with van der Waals surface area (Å²) in [4.78, 5) is 20.6. The summed E-state index contributed by atoms with van der Waals surface area (Å²) in [5.41, 5.74) is 1.53. The Bertz CT molecular complexity index is 893. The van der Waals surface area contributed by atoms with Crippen LogP contribution in [0.4, 0.5) is 5.82 Å². The molecular formula is C17H15ClN4O3. The predicted molar refractivity (Wildman–Crippen MR) is 92.6 cm³/mol. The molecule has 2 aromatic heterocycles. The molecule has 0 unspecified atom stereocenters. The Morgan fingerprint density at radius 2 is 1.96 bits per heavy atom. The first-order chi connectivity index (χ1) is 12.0. The van der Waals surface area contributed by atoms with Crippen molar-refractivity contribution in [3.05, 3.63) is 52.9 Å². The minimum absolute atomic E-state index is 0.206. The first-order valence-electron chi connectivity index (χ1n) is 7.47. The minimum atomic E-state index is -0.363. The molecule has 0 atom stereocenters. The molecule has 25 heavy (non-hydrogen) atoms. The van der Waals surface area contributed by atoms with Gasteiger partial charge in [-0.1, -0.05) is 16.8 Å². The van der Waals surface area contributed by atoms with Crippen LogP contribution in [0, 0.1) is 13.8 Å². The lowest BCUT2D eigenvalue weighted by atomic mass is 10.2. The van der Waals surface area contributed by atoms with E-state index in [1.165, 1.54) is 0 Å². The molecule has 0 radical (unpaired) electrons. The average molecular weight is 359 g/mol. The van der Waals surface area contributed by atoms with Gasteiger partial charge >= 0.3 is 0 Å². The number of amides is 1. The first-order valence-corrected chi connectivity index (χ1v) is 7.85. The zero-order valence-electron chi connectivity index (χ0n) is 13.6. The molecule has 0 saturated carbocycles. The molecule has 128 valence electrons. The summed E-state index contributed by atoms with van der Waals surface area (Å²) >= 11 is 5.89. The molecule has 1 N–H and O–H groups in total. The van der Waals surface area contributed by atoms with Gasteiger partial charge in [-0.3, -0.25) is 4.79 Å². The van der Waals surface area contributed by atoms with Crippen molar-refractivity contribution in [2.75, 3.05) is 11.9 Å². The smallest absolute Gasteiger partial charge is 0.263 e. The zero-order chi connectivity index (χ0) is 17.8. The van der Waals surface area contributed by atoms with Crippen LogP contribution in [-0.4, -0.2) is 27.6 Å². The van der Waals surface area contributed by atoms with Gasteiger partial charge < -0.3 is 14.6 Å². The normalized spacial score (nSPS) is 10.5. The number of nitrogens with one attached hydrogen (secondary N) is 1. The number of benzene rings is 1. The number of hydrogen-bond donors (Lipinski definition) is 1. The summed E-state index contributed by atoms with van der Waals surface area (Å²) in [5.74, 6) is 1.39. The lowest BCUT2D eigenvalue weighted by Gasteiger charge is -2.08. The molecular weight excluding hydrogens is 344 g/mol. The van der Waals surface area contributed by atoms with Crippen LogP contribution in [0.2, 0.25) is 5.02 Å². The molecule has 1 amide bonds. The molecule has 0 aliphatic rings. The molecule has 3 aromatic rings. The third kappa shape index (κ3) is 4.54. The van der Waals surface area contributed by atoms with E-state index in [0.717, 1.165) is 11.3 Å². The van der Waals surface area contributed by atoms with Crippen LogP contribution < -0.4 is 10.1 Å². The zero-order valence-corrected chi connectivity index (χ0v) is 14.4. The lowest BCUT2D eigenvalue weighted by molar-refractivity contribution is -0.118. The van der Waals surface area contributed by atoms with Crippen molar-refractivity contribution in [1.82, 2.24) is 15.1 Å². The average Bonchev–Trinajstić information content (AvgIpc) is 2.98. The van der Waals surface area contributed by atoms with Crippen LogP contribution in [0.15, 0.2) is 40.9 Å². The number of hydrogen-bond acceptors (Lipinski definition) is 6. The summed E-state index contributed by atoms with van der Waals surface area (Å²) in [6.07, 6.45) is 0. The van der Waals surface area contributed by atoms with Crippen molar-refractivity contribution in [2.45, 2.75) is 13.8 Å². The van der Waals surface area contributed by atoms with E-state index in [4.69, 9.17) is 20.9 Å². The SMILES string of the molecule is Cc1cc(OCC(=O)Nc2cc(C)on2)nc(-c2ccc(Cl)cc2)n1. The summed E-state index contributed by atoms with van der Waals surface area (Å²) in [5, 5.41) is 6.89. The number of carbonyl (C=O) groups excluding carboxylic acids is 1. The van der Waals surface area contributed by atoms with Crippen molar-refractivity contribution in [3.63, 3.8) is 0 Å². The Morgan fingerprint density at radius 3 is 2.64 bits per heavy atom. The quantitative estimate of drug-likeness (QED) is 0.751. The van der Waals surface area contributed by atoms with E-state index in [1.54, 1.807) is 31.2 Å². The molecule has 0 aliphatic carbocycles. The highest BCUT2D eigenvalue weighted by Crippen LogP contribution is 2.21. The van der Waals surface area contributed by atoms with Gasteiger partial charge in [0.25, 0.3) is 5.91 Å². The highest BCUT2D eigenvalue weighted by molar-refractivity contribution is 6.30. The molecule has 2 heterocycles. The molecule has 0 aliphatic heterocycles. The van der Waals surface area contributed by atoms with Gasteiger partial charge in [-0.05, 0) is 38.1 Å². The van der Waals surface area contributed by atoms with Crippen molar-refractivity contribution in [1.29, 1.82) is 0 Å². The van der Waals surface area contributed by atoms with Crippen LogP contribution >= 0.6 is 11.6 Å². The maximum Gasteiger partial charge on any atom is 0.263 e. The van der Waals surface area contributed by atoms with Crippen LogP contribution in [0.3, 0.4) is 0 Å². The second-order valence-electron chi connectivity index (χ2n) is 5.34. The molecule has 1 aromatic carbocycles. The monoisotopic (exact) mass is 358 g/mol. The summed E-state index contributed by atoms with van der Waals surface area (Å²) in [6, 6.07) is 10.4. The summed E-state index contributed by atoms with van der Waals surface area (Å²) < 4.78 is 10.3. The van der Waals surface area contributed by atoms with Gasteiger partial charge in [-0.25, -0.2) is 4.98 Å². The van der Waals surface area contributed by atoms with Crippen LogP contribution in [0.5, 0.6) is 5.88 Å². The maximum absolute atomic E-state index is 11.9. The van der Waals surface area contributed by atoms with Crippen LogP contribution in [-0.2, 0) is 4.79 Å². The second kappa shape index (κ2) is 7.31. The second-order valence-corrected chi connectivity index (χ2v) is 5.77. The summed E-state index contributed by atoms with van der Waals surface area (Å²) in [6.45, 7) is 3.36. The van der Waals surface area contributed by atoms with Gasteiger partial charge in [0.15, 0.2) is 18.2 Å². The Hall–Kier alpha value is -2.93. The maximum atomic E-state index is 11.9. The number of carbonyl (C=O) groups is 1. The largest absolute Gasteiger partial charge is 0.467 e. The number of halogens is 1. The van der Waals surface area contributed by atoms with Gasteiger partial charge in [0.05, 0.1) is 0 Å². The third-order valence-electron chi connectivity index (χ3n) is 3.18. The Balaban J connectivity index is 1.68. The molecule has 7 nitrogen and oxygen atoms in total. The summed E-state index contributed by atoms with van der Waals surface area (Å²) in [7, 11) is 0. The van der Waals surface area contributed by atoms with E-state index >= 15 is 0 Å². The topological polar surface area (TPSA) is 90.1 Å². The van der Waals surface area contributed by atoms with E-state index < -0.39 is 0 Å². The van der Waals surface area contributed by atoms with Crippen molar-refractivity contribution >= 4 is 23.3 Å². The van der Waals surface area contributed by atoms with Crippen LogP contribution in [0.25, 0.3) is 11.4 Å². The number of nitrogens with zero attached hydrogens (tertiary/aromatic N) is 3. The van der Waals surface area contributed by atoms with E-state index in [2.05, 4.69) is 20.4 Å². The van der Waals surface area contributed by atoms with Crippen molar-refractivity contribution in [2.24, 2.45) is 0 Å². The van der Waals surface area contributed by atoms with Gasteiger partial charge in [0.2, 0.25) is 5.88 Å². The predicted octanol–water partition coefficient (Wildman–Crippen LogP) is 3.42. The third-order valence-corrected chi connectivity index (χ3v) is 3.43. The van der Waals surface area contributed by atoms with Gasteiger partial charge in [0.1, 0.15) is 5.76 Å². The highest BCUT2D eigenvalue weighted by atomic mass is 35.5. The standard InChI is InChI=1S/C17H15ClN4O3/c1-10-7-16(21-17(19-10)12-3-5-13(18)6-4-12)24-9-15(23)20-14-8-11(2)25-22-14/h3-8H,9H2,1-2H3,(H,20,22,23). The van der Waals surface area contributed by atoms with Crippen molar-refractivity contribution in [3.8, 4) is 17.3 Å². The Kier molecular flexibility index (Phi) is 4.95. The minimum Gasteiger partial charge on any atom is -0.467 e. The fourth-order valence-corrected chi connectivity index (χ4v) is 2.21. The van der Waals surface area contributed by atoms with Crippen LogP contribution in [0.1, 0.15) is 11.5 Å². The highest BCUT2D eigenvalue weighted by Gasteiger charge is 2.10. The van der Waals surface area contributed by atoms with E-state index in [1.807, 2.05) is 19.1 Å². The van der Waals surface area contributed by atoms with E-state index in [9.17, 15) is 4.79 Å². The molecule has 0 spiro atoms. The first kappa shape index (κ1) is 16.9. The molecule has 0 bridgehead atoms. The Labute approximate surface area is 149 Å². The fourth-order valence-electron chi connectivity index (χ4n) is 2.09. The molecule has 0 fully saturated rings. The van der Waals surface area contributed by atoms with Gasteiger partial charge in [-0.2, -0.15) is 4.98 Å². The Morgan fingerprint density at radius 1 is 1.20 bits per heavy atom. The molecule has 8 heteroatoms. The molecule has 0 saturated heterocycles. The number of ether oxygens (including phenoxy) is 1. The number of anilines is 1. The lowest BCUT2D eigenvalue weighted by Crippen LogP contribution is -2.20. The van der Waals surface area contributed by atoms with E-state index in [0.29, 0.717) is 28.3 Å². The molecule has 3 rings (SSSR count).